The topological polar surface area (TPSA) is 101 Å². The Bertz CT molecular complexity index is 675. The Labute approximate surface area is 93.4 Å². The summed E-state index contributed by atoms with van der Waals surface area (Å²) in [7, 11) is 0. The molecule has 0 aliphatic rings. The number of aliphatic carboxylic acids is 1. The first-order valence-electron chi connectivity index (χ1n) is 4.25. The molecular weight excluding hydrogens is 232 g/mol. The molecule has 0 saturated heterocycles. The van der Waals surface area contributed by atoms with E-state index in [-0.39, 0.29) is 15.9 Å². The van der Waals surface area contributed by atoms with Crippen molar-refractivity contribution in [3.63, 3.8) is 0 Å². The molecule has 16 heavy (non-hydrogen) atoms. The van der Waals surface area contributed by atoms with E-state index in [9.17, 15) is 9.59 Å². The molecule has 2 rings (SSSR count). The second kappa shape index (κ2) is 3.81. The molecule has 7 nitrogen and oxygen atoms in total. The van der Waals surface area contributed by atoms with Gasteiger partial charge >= 0.3 is 5.97 Å². The van der Waals surface area contributed by atoms with Crippen LogP contribution in [0.1, 0.15) is 0 Å². The number of nitrogens with zero attached hydrogens (tertiary/aromatic N) is 3. The number of aromatic amines is 1. The third-order valence-electron chi connectivity index (χ3n) is 1.91. The van der Waals surface area contributed by atoms with Gasteiger partial charge in [0.2, 0.25) is 0 Å². The SMILES string of the molecule is O=C(O)Cn1c(=S)[nH]c2nccnc2c1=O. The lowest BCUT2D eigenvalue weighted by atomic mass is 10.5. The highest BCUT2D eigenvalue weighted by atomic mass is 32.1. The Hall–Kier alpha value is -2.09. The largest absolute Gasteiger partial charge is 0.480 e. The van der Waals surface area contributed by atoms with Crippen LogP contribution in [-0.2, 0) is 11.3 Å². The lowest BCUT2D eigenvalue weighted by Crippen LogP contribution is -2.26. The maximum Gasteiger partial charge on any atom is 0.323 e. The van der Waals surface area contributed by atoms with Crippen LogP contribution in [-0.4, -0.2) is 30.6 Å². The van der Waals surface area contributed by atoms with Gasteiger partial charge in [0.25, 0.3) is 5.56 Å². The minimum Gasteiger partial charge on any atom is -0.480 e. The average Bonchev–Trinajstić information content (AvgIpc) is 2.24. The van der Waals surface area contributed by atoms with Gasteiger partial charge in [-0.15, -0.1) is 0 Å². The fourth-order valence-electron chi connectivity index (χ4n) is 1.25. The Morgan fingerprint density at radius 3 is 2.88 bits per heavy atom. The summed E-state index contributed by atoms with van der Waals surface area (Å²) in [5.41, 5.74) is -0.245. The normalized spacial score (nSPS) is 10.5. The summed E-state index contributed by atoms with van der Waals surface area (Å²) in [6.07, 6.45) is 2.76. The number of carboxylic acids is 1. The molecule has 0 radical (unpaired) electrons. The van der Waals surface area contributed by atoms with Crippen LogP contribution in [0, 0.1) is 4.77 Å². The number of carboxylic acid groups (broad SMARTS) is 1. The van der Waals surface area contributed by atoms with Gasteiger partial charge in [-0.05, 0) is 12.2 Å². The zero-order valence-electron chi connectivity index (χ0n) is 7.88. The number of hydrogen-bond acceptors (Lipinski definition) is 5. The number of nitrogens with one attached hydrogen (secondary N) is 1. The summed E-state index contributed by atoms with van der Waals surface area (Å²) in [4.78, 5) is 32.7. The fourth-order valence-corrected chi connectivity index (χ4v) is 1.50. The van der Waals surface area contributed by atoms with Crippen LogP contribution in [0.5, 0.6) is 0 Å². The van der Waals surface area contributed by atoms with Gasteiger partial charge in [0.1, 0.15) is 6.54 Å². The van der Waals surface area contributed by atoms with Crippen LogP contribution < -0.4 is 5.56 Å². The molecule has 0 spiro atoms. The van der Waals surface area contributed by atoms with Crippen LogP contribution in [0.25, 0.3) is 11.2 Å². The average molecular weight is 238 g/mol. The molecule has 2 heterocycles. The van der Waals surface area contributed by atoms with Gasteiger partial charge in [-0.2, -0.15) is 0 Å². The van der Waals surface area contributed by atoms with Crippen LogP contribution in [0.2, 0.25) is 0 Å². The first kappa shape index (κ1) is 10.4. The molecule has 0 bridgehead atoms. The Morgan fingerprint density at radius 2 is 2.19 bits per heavy atom. The molecule has 0 amide bonds. The standard InChI is InChI=1S/C8H6N4O3S/c13-4(14)3-12-7(15)5-6(11-8(12)16)10-2-1-9-5/h1-2H,3H2,(H,13,14)(H,10,11,16). The monoisotopic (exact) mass is 238 g/mol. The third-order valence-corrected chi connectivity index (χ3v) is 2.23. The van der Waals surface area contributed by atoms with E-state index in [1.54, 1.807) is 0 Å². The van der Waals surface area contributed by atoms with Gasteiger partial charge in [0.15, 0.2) is 15.9 Å². The molecule has 0 aromatic carbocycles. The summed E-state index contributed by atoms with van der Waals surface area (Å²) in [5, 5.41) is 8.63. The highest BCUT2D eigenvalue weighted by molar-refractivity contribution is 7.71. The molecule has 0 aliphatic heterocycles. The minimum absolute atomic E-state index is 0.0143. The fraction of sp³-hybridized carbons (Fsp3) is 0.125. The minimum atomic E-state index is -1.15. The van der Waals surface area contributed by atoms with Crippen molar-refractivity contribution in [1.29, 1.82) is 0 Å². The Kier molecular flexibility index (Phi) is 2.49. The molecule has 0 fully saturated rings. The predicted octanol–water partition coefficient (Wildman–Crippen LogP) is -0.0663. The lowest BCUT2D eigenvalue weighted by molar-refractivity contribution is -0.137. The summed E-state index contributed by atoms with van der Waals surface area (Å²) >= 11 is 4.86. The Balaban J connectivity index is 2.81. The van der Waals surface area contributed by atoms with Crippen molar-refractivity contribution in [2.75, 3.05) is 0 Å². The van der Waals surface area contributed by atoms with E-state index in [1.165, 1.54) is 12.4 Å². The third kappa shape index (κ3) is 1.70. The molecule has 2 N–H and O–H groups in total. The van der Waals surface area contributed by atoms with E-state index < -0.39 is 18.1 Å². The summed E-state index contributed by atoms with van der Waals surface area (Å²) in [6.45, 7) is -0.499. The van der Waals surface area contributed by atoms with Crippen LogP contribution in [0.15, 0.2) is 17.2 Å². The highest BCUT2D eigenvalue weighted by Crippen LogP contribution is 1.98. The van der Waals surface area contributed by atoms with Crippen molar-refractivity contribution in [2.45, 2.75) is 6.54 Å². The van der Waals surface area contributed by atoms with Crippen LogP contribution in [0.4, 0.5) is 0 Å². The molecule has 82 valence electrons. The van der Waals surface area contributed by atoms with Gasteiger partial charge in [-0.1, -0.05) is 0 Å². The van der Waals surface area contributed by atoms with E-state index in [0.29, 0.717) is 0 Å². The highest BCUT2D eigenvalue weighted by Gasteiger charge is 2.09. The second-order valence-electron chi connectivity index (χ2n) is 2.97. The van der Waals surface area contributed by atoms with E-state index >= 15 is 0 Å². The summed E-state index contributed by atoms with van der Waals surface area (Å²) in [5.74, 6) is -1.15. The maximum absolute atomic E-state index is 11.8. The summed E-state index contributed by atoms with van der Waals surface area (Å²) in [6, 6.07) is 0. The van der Waals surface area contributed by atoms with Crippen molar-refractivity contribution >= 4 is 29.4 Å². The van der Waals surface area contributed by atoms with Crippen LogP contribution in [0.3, 0.4) is 0 Å². The predicted molar refractivity (Wildman–Crippen MR) is 56.6 cm³/mol. The molecule has 0 unspecified atom stereocenters. The van der Waals surface area contributed by atoms with Crippen molar-refractivity contribution < 1.29 is 9.90 Å². The molecule has 8 heteroatoms. The van der Waals surface area contributed by atoms with Gasteiger partial charge in [-0.3, -0.25) is 14.2 Å². The van der Waals surface area contributed by atoms with E-state index in [0.717, 1.165) is 4.57 Å². The molecule has 2 aromatic rings. The van der Waals surface area contributed by atoms with Crippen molar-refractivity contribution in [2.24, 2.45) is 0 Å². The van der Waals surface area contributed by atoms with E-state index in [1.807, 2.05) is 0 Å². The number of H-pyrrole nitrogens is 1. The van der Waals surface area contributed by atoms with Gasteiger partial charge in [-0.25, -0.2) is 9.97 Å². The molecule has 0 aliphatic carbocycles. The smallest absolute Gasteiger partial charge is 0.323 e. The van der Waals surface area contributed by atoms with Crippen LogP contribution >= 0.6 is 12.2 Å². The maximum atomic E-state index is 11.8. The Morgan fingerprint density at radius 1 is 1.50 bits per heavy atom. The summed E-state index contributed by atoms with van der Waals surface area (Å²) < 4.78 is 0.940. The van der Waals surface area contributed by atoms with E-state index in [4.69, 9.17) is 17.3 Å². The van der Waals surface area contributed by atoms with Crippen molar-refractivity contribution in [3.8, 4) is 0 Å². The van der Waals surface area contributed by atoms with Crippen molar-refractivity contribution in [3.05, 3.63) is 27.5 Å². The number of fused-ring (bicyclic) bond motifs is 1. The van der Waals surface area contributed by atoms with Gasteiger partial charge < -0.3 is 10.1 Å². The lowest BCUT2D eigenvalue weighted by Gasteiger charge is -2.03. The van der Waals surface area contributed by atoms with E-state index in [2.05, 4.69) is 15.0 Å². The van der Waals surface area contributed by atoms with Crippen molar-refractivity contribution in [1.82, 2.24) is 19.5 Å². The molecule has 0 saturated carbocycles. The first-order chi connectivity index (χ1) is 7.59. The zero-order valence-corrected chi connectivity index (χ0v) is 8.69. The van der Waals surface area contributed by atoms with Gasteiger partial charge in [0.05, 0.1) is 0 Å². The molecule has 0 atom stereocenters. The number of carbonyl (C=O) groups is 1. The number of hydrogen-bond donors (Lipinski definition) is 2. The molecule has 2 aromatic heterocycles. The molecular formula is C8H6N4O3S. The number of aromatic nitrogens is 4. The zero-order chi connectivity index (χ0) is 11.7. The quantitative estimate of drug-likeness (QED) is 0.710. The van der Waals surface area contributed by atoms with Gasteiger partial charge in [0, 0.05) is 12.4 Å². The first-order valence-corrected chi connectivity index (χ1v) is 4.66. The second-order valence-corrected chi connectivity index (χ2v) is 3.36. The number of rotatable bonds is 2.